The Balaban J connectivity index is 1.52. The summed E-state index contributed by atoms with van der Waals surface area (Å²) in [6.45, 7) is 4.96. The van der Waals surface area contributed by atoms with Crippen molar-refractivity contribution in [1.29, 1.82) is 5.26 Å². The summed E-state index contributed by atoms with van der Waals surface area (Å²) in [5.74, 6) is 0.790. The smallest absolute Gasteiger partial charge is 0.222 e. The van der Waals surface area contributed by atoms with Gasteiger partial charge in [0.2, 0.25) is 5.91 Å². The van der Waals surface area contributed by atoms with Gasteiger partial charge in [0, 0.05) is 36.4 Å². The monoisotopic (exact) mass is 425 g/mol. The molecule has 3 rings (SSSR count). The Kier molecular flexibility index (Phi) is 6.91. The van der Waals surface area contributed by atoms with E-state index >= 15 is 0 Å². The molecule has 0 N–H and O–H groups in total. The molecule has 0 saturated heterocycles. The van der Waals surface area contributed by atoms with Crippen LogP contribution in [0.1, 0.15) is 35.4 Å². The summed E-state index contributed by atoms with van der Waals surface area (Å²) in [4.78, 5) is 18.8. The third kappa shape index (κ3) is 4.89. The van der Waals surface area contributed by atoms with Crippen LogP contribution in [0.5, 0.6) is 5.75 Å². The molecule has 0 atom stereocenters. The van der Waals surface area contributed by atoms with Gasteiger partial charge in [-0.2, -0.15) is 10.4 Å². The molecule has 2 heterocycles. The Morgan fingerprint density at radius 1 is 1.37 bits per heavy atom. The van der Waals surface area contributed by atoms with E-state index in [-0.39, 0.29) is 5.91 Å². The highest BCUT2D eigenvalue weighted by atomic mass is 35.5. The van der Waals surface area contributed by atoms with Crippen molar-refractivity contribution in [2.24, 2.45) is 0 Å². The zero-order chi connectivity index (χ0) is 21.7. The maximum atomic E-state index is 12.5. The number of rotatable bonds is 8. The Hall–Kier alpha value is -3.11. The van der Waals surface area contributed by atoms with Gasteiger partial charge in [0.05, 0.1) is 12.8 Å². The fraction of sp³-hybridized carbons (Fsp3) is 0.364. The molecule has 2 aromatic heterocycles. The van der Waals surface area contributed by atoms with E-state index in [0.717, 1.165) is 29.1 Å². The molecule has 156 valence electrons. The number of aromatic nitrogens is 3. The van der Waals surface area contributed by atoms with Crippen LogP contribution >= 0.6 is 11.6 Å². The first-order valence-corrected chi connectivity index (χ1v) is 10.1. The largest absolute Gasteiger partial charge is 0.493 e. The van der Waals surface area contributed by atoms with Crippen molar-refractivity contribution in [3.05, 3.63) is 58.0 Å². The van der Waals surface area contributed by atoms with Crippen molar-refractivity contribution in [1.82, 2.24) is 19.5 Å². The quantitative estimate of drug-likeness (QED) is 0.513. The molecule has 0 bridgehead atoms. The number of hydrogen-bond donors (Lipinski definition) is 0. The molecule has 1 amide bonds. The number of carbonyl (C=O) groups is 1. The van der Waals surface area contributed by atoms with Crippen LogP contribution in [-0.4, -0.2) is 45.6 Å². The van der Waals surface area contributed by atoms with Crippen LogP contribution in [0.15, 0.2) is 30.5 Å². The molecule has 0 spiro atoms. The van der Waals surface area contributed by atoms with Gasteiger partial charge in [0.25, 0.3) is 0 Å². The molecule has 0 radical (unpaired) electrons. The maximum Gasteiger partial charge on any atom is 0.222 e. The normalized spacial score (nSPS) is 10.8. The molecule has 7 nitrogen and oxygen atoms in total. The van der Waals surface area contributed by atoms with E-state index in [4.69, 9.17) is 16.3 Å². The molecule has 30 heavy (non-hydrogen) atoms. The summed E-state index contributed by atoms with van der Waals surface area (Å²) >= 11 is 5.94. The number of aryl methyl sites for hydroxylation is 2. The molecular formula is C22H24ClN5O2. The van der Waals surface area contributed by atoms with Crippen molar-refractivity contribution in [2.45, 2.75) is 33.1 Å². The second-order valence-corrected chi connectivity index (χ2v) is 7.58. The second kappa shape index (κ2) is 9.59. The van der Waals surface area contributed by atoms with Gasteiger partial charge >= 0.3 is 0 Å². The second-order valence-electron chi connectivity index (χ2n) is 7.14. The molecule has 1 aromatic carbocycles. The van der Waals surface area contributed by atoms with E-state index in [1.54, 1.807) is 28.6 Å². The number of nitriles is 1. The first kappa shape index (κ1) is 21.6. The minimum atomic E-state index is 0.0647. The van der Waals surface area contributed by atoms with Crippen molar-refractivity contribution >= 4 is 23.2 Å². The first-order valence-electron chi connectivity index (χ1n) is 9.77. The number of nitrogens with zero attached hydrogens (tertiary/aromatic N) is 5. The summed E-state index contributed by atoms with van der Waals surface area (Å²) in [5, 5.41) is 14.1. The van der Waals surface area contributed by atoms with Gasteiger partial charge in [-0.3, -0.25) is 4.79 Å². The van der Waals surface area contributed by atoms with Gasteiger partial charge in [0.15, 0.2) is 5.65 Å². The van der Waals surface area contributed by atoms with Gasteiger partial charge < -0.3 is 9.64 Å². The Bertz CT molecular complexity index is 1100. The Morgan fingerprint density at radius 3 is 2.90 bits per heavy atom. The average molecular weight is 426 g/mol. The lowest BCUT2D eigenvalue weighted by Crippen LogP contribution is -2.29. The summed E-state index contributed by atoms with van der Waals surface area (Å²) in [6.07, 6.45) is 3.20. The third-order valence-electron chi connectivity index (χ3n) is 5.05. The summed E-state index contributed by atoms with van der Waals surface area (Å²) < 4.78 is 7.34. The Labute approximate surface area is 180 Å². The van der Waals surface area contributed by atoms with Crippen LogP contribution in [0, 0.1) is 25.2 Å². The zero-order valence-corrected chi connectivity index (χ0v) is 18.1. The number of carbonyl (C=O) groups excluding carboxylic acids is 1. The molecule has 0 aliphatic rings. The van der Waals surface area contributed by atoms with E-state index in [1.165, 1.54) is 6.20 Å². The molecule has 8 heteroatoms. The van der Waals surface area contributed by atoms with Gasteiger partial charge in [-0.15, -0.1) is 0 Å². The lowest BCUT2D eigenvalue weighted by atomic mass is 10.1. The highest BCUT2D eigenvalue weighted by molar-refractivity contribution is 6.30. The van der Waals surface area contributed by atoms with Crippen LogP contribution in [-0.2, 0) is 11.2 Å². The topological polar surface area (TPSA) is 83.5 Å². The number of fused-ring (bicyclic) bond motifs is 1. The predicted octanol–water partition coefficient (Wildman–Crippen LogP) is 3.73. The summed E-state index contributed by atoms with van der Waals surface area (Å²) in [6, 6.07) is 9.37. The van der Waals surface area contributed by atoms with Gasteiger partial charge in [0.1, 0.15) is 17.4 Å². The molecule has 3 aromatic rings. The van der Waals surface area contributed by atoms with Crippen LogP contribution in [0.2, 0.25) is 5.02 Å². The van der Waals surface area contributed by atoms with Crippen molar-refractivity contribution < 1.29 is 9.53 Å². The minimum Gasteiger partial charge on any atom is -0.493 e. The molecule has 0 aliphatic carbocycles. The van der Waals surface area contributed by atoms with E-state index in [1.807, 2.05) is 26.0 Å². The average Bonchev–Trinajstić information content (AvgIpc) is 3.13. The highest BCUT2D eigenvalue weighted by Crippen LogP contribution is 2.19. The Morgan fingerprint density at radius 2 is 2.17 bits per heavy atom. The van der Waals surface area contributed by atoms with Crippen molar-refractivity contribution in [3.63, 3.8) is 0 Å². The van der Waals surface area contributed by atoms with Gasteiger partial charge in [-0.1, -0.05) is 17.7 Å². The minimum absolute atomic E-state index is 0.0647. The van der Waals surface area contributed by atoms with E-state index < -0.39 is 0 Å². The number of benzene rings is 1. The maximum absolute atomic E-state index is 12.5. The number of hydrogen-bond acceptors (Lipinski definition) is 5. The lowest BCUT2D eigenvalue weighted by Gasteiger charge is -2.18. The predicted molar refractivity (Wildman–Crippen MR) is 115 cm³/mol. The fourth-order valence-corrected chi connectivity index (χ4v) is 3.53. The standard InChI is InChI=1S/C22H24ClN5O2/c1-15-20(16(2)28-22(26-15)17(13-24)14-25-28)8-9-21(29)27(3)10-5-11-30-19-7-4-6-18(23)12-19/h4,6-7,12,14H,5,8-11H2,1-3H3. The van der Waals surface area contributed by atoms with Crippen molar-refractivity contribution in [2.75, 3.05) is 20.2 Å². The molecule has 0 fully saturated rings. The van der Waals surface area contributed by atoms with Crippen LogP contribution in [0.25, 0.3) is 5.65 Å². The third-order valence-corrected chi connectivity index (χ3v) is 5.28. The molecule has 0 aliphatic heterocycles. The molecular weight excluding hydrogens is 402 g/mol. The molecule has 0 unspecified atom stereocenters. The van der Waals surface area contributed by atoms with Crippen LogP contribution in [0.4, 0.5) is 0 Å². The summed E-state index contributed by atoms with van der Waals surface area (Å²) in [5.41, 5.74) is 3.72. The summed E-state index contributed by atoms with van der Waals surface area (Å²) in [7, 11) is 1.80. The highest BCUT2D eigenvalue weighted by Gasteiger charge is 2.16. The lowest BCUT2D eigenvalue weighted by molar-refractivity contribution is -0.129. The fourth-order valence-electron chi connectivity index (χ4n) is 3.35. The number of halogens is 1. The van der Waals surface area contributed by atoms with E-state index in [0.29, 0.717) is 42.2 Å². The van der Waals surface area contributed by atoms with Crippen LogP contribution in [0.3, 0.4) is 0 Å². The molecule has 0 saturated carbocycles. The number of amides is 1. The van der Waals surface area contributed by atoms with Gasteiger partial charge in [-0.05, 0) is 50.5 Å². The first-order chi connectivity index (χ1) is 14.4. The van der Waals surface area contributed by atoms with Crippen LogP contribution < -0.4 is 4.74 Å². The van der Waals surface area contributed by atoms with Crippen molar-refractivity contribution in [3.8, 4) is 11.8 Å². The zero-order valence-electron chi connectivity index (χ0n) is 17.4. The number of ether oxygens (including phenoxy) is 1. The van der Waals surface area contributed by atoms with Gasteiger partial charge in [-0.25, -0.2) is 9.50 Å². The van der Waals surface area contributed by atoms with E-state index in [9.17, 15) is 10.1 Å². The SMILES string of the molecule is Cc1nc2c(C#N)cnn2c(C)c1CCC(=O)N(C)CCCOc1cccc(Cl)c1. The van der Waals surface area contributed by atoms with E-state index in [2.05, 4.69) is 16.2 Å².